The molecule has 3 rings (SSSR count). The molecule has 1 heterocycles. The molecule has 0 unspecified atom stereocenters. The zero-order valence-electron chi connectivity index (χ0n) is 11.7. The Bertz CT molecular complexity index is 596. The fourth-order valence-corrected chi connectivity index (χ4v) is 2.68. The van der Waals surface area contributed by atoms with Crippen LogP contribution in [-0.2, 0) is 4.79 Å². The number of β-amino-alcohol motifs (C(OH)–C–C–N with tert-alkyl or cyclic N) is 1. The van der Waals surface area contributed by atoms with Crippen molar-refractivity contribution in [2.45, 2.75) is 18.4 Å². The van der Waals surface area contributed by atoms with Crippen molar-refractivity contribution in [3.05, 3.63) is 41.5 Å². The highest BCUT2D eigenvalue weighted by Gasteiger charge is 2.52. The van der Waals surface area contributed by atoms with Gasteiger partial charge in [-0.1, -0.05) is 12.1 Å². The Morgan fingerprint density at radius 2 is 1.86 bits per heavy atom. The van der Waals surface area contributed by atoms with Gasteiger partial charge >= 0.3 is 0 Å². The molecule has 2 amide bonds. The van der Waals surface area contributed by atoms with E-state index in [0.717, 1.165) is 18.4 Å². The zero-order chi connectivity index (χ0) is 15.0. The second-order valence-corrected chi connectivity index (χ2v) is 5.89. The number of benzene rings is 1. The van der Waals surface area contributed by atoms with E-state index in [-0.39, 0.29) is 5.91 Å². The molecule has 0 spiro atoms. The lowest BCUT2D eigenvalue weighted by Crippen LogP contribution is -2.64. The maximum absolute atomic E-state index is 12.0. The monoisotopic (exact) mass is 286 g/mol. The van der Waals surface area contributed by atoms with Crippen LogP contribution >= 0.6 is 0 Å². The predicted molar refractivity (Wildman–Crippen MR) is 78.2 cm³/mol. The number of likely N-dealkylation sites (tertiary alicyclic amines) is 1. The molecule has 3 N–H and O–H groups in total. The minimum atomic E-state index is -0.646. The lowest BCUT2D eigenvalue weighted by atomic mass is 9.88. The third kappa shape index (κ3) is 2.83. The molecule has 1 aromatic carbocycles. The Labute approximate surface area is 123 Å². The van der Waals surface area contributed by atoms with E-state index in [4.69, 9.17) is 5.73 Å². The average Bonchev–Trinajstić information content (AvgIpc) is 3.26. The van der Waals surface area contributed by atoms with Gasteiger partial charge in [0, 0.05) is 11.6 Å². The number of carbonyl (C=O) groups excluding carboxylic acids is 2. The van der Waals surface area contributed by atoms with Gasteiger partial charge in [-0.05, 0) is 42.5 Å². The number of nitrogens with two attached hydrogens (primary N) is 1. The summed E-state index contributed by atoms with van der Waals surface area (Å²) in [6.07, 6.45) is 5.33. The van der Waals surface area contributed by atoms with Crippen LogP contribution in [0.2, 0.25) is 0 Å². The highest BCUT2D eigenvalue weighted by molar-refractivity contribution is 5.94. The molecule has 5 heteroatoms. The first kappa shape index (κ1) is 13.8. The third-order valence-electron chi connectivity index (χ3n) is 4.19. The molecule has 1 saturated heterocycles. The molecule has 0 bridgehead atoms. The Balaban J connectivity index is 1.56. The molecule has 0 aromatic heterocycles. The summed E-state index contributed by atoms with van der Waals surface area (Å²) in [5, 5.41) is 10.2. The first-order valence-corrected chi connectivity index (χ1v) is 7.07. The van der Waals surface area contributed by atoms with Crippen molar-refractivity contribution in [3.63, 3.8) is 0 Å². The van der Waals surface area contributed by atoms with Crippen LogP contribution in [0.15, 0.2) is 30.3 Å². The molecule has 5 nitrogen and oxygen atoms in total. The molecule has 0 atom stereocenters. The Morgan fingerprint density at radius 3 is 2.38 bits per heavy atom. The summed E-state index contributed by atoms with van der Waals surface area (Å²) in [4.78, 5) is 24.6. The van der Waals surface area contributed by atoms with Crippen molar-refractivity contribution in [3.8, 4) is 0 Å². The van der Waals surface area contributed by atoms with Gasteiger partial charge in [-0.3, -0.25) is 9.59 Å². The second kappa shape index (κ2) is 5.00. The molecule has 0 radical (unpaired) electrons. The van der Waals surface area contributed by atoms with E-state index < -0.39 is 11.5 Å². The molecular formula is C16H18N2O3. The molecule has 2 fully saturated rings. The lowest BCUT2D eigenvalue weighted by Gasteiger charge is -2.46. The topological polar surface area (TPSA) is 83.6 Å². The fraction of sp³-hybridized carbons (Fsp3) is 0.375. The number of rotatable bonds is 4. The van der Waals surface area contributed by atoms with Gasteiger partial charge in [-0.15, -0.1) is 0 Å². The van der Waals surface area contributed by atoms with Crippen LogP contribution in [0.4, 0.5) is 0 Å². The summed E-state index contributed by atoms with van der Waals surface area (Å²) in [5.74, 6) is -0.187. The Hall–Kier alpha value is -2.14. The van der Waals surface area contributed by atoms with Gasteiger partial charge in [0.15, 0.2) is 0 Å². The van der Waals surface area contributed by atoms with E-state index in [1.54, 1.807) is 35.2 Å². The van der Waals surface area contributed by atoms with E-state index in [9.17, 15) is 14.7 Å². The molecule has 1 saturated carbocycles. The smallest absolute Gasteiger partial charge is 0.248 e. The van der Waals surface area contributed by atoms with E-state index in [1.807, 2.05) is 0 Å². The van der Waals surface area contributed by atoms with Crippen LogP contribution in [0.25, 0.3) is 6.08 Å². The second-order valence-electron chi connectivity index (χ2n) is 5.89. The van der Waals surface area contributed by atoms with Crippen molar-refractivity contribution in [2.75, 3.05) is 13.1 Å². The first-order chi connectivity index (χ1) is 9.98. The summed E-state index contributed by atoms with van der Waals surface area (Å²) in [7, 11) is 0. The Morgan fingerprint density at radius 1 is 1.24 bits per heavy atom. The molecule has 2 aliphatic rings. The quantitative estimate of drug-likeness (QED) is 0.802. The number of hydrogen-bond donors (Lipinski definition) is 2. The number of aliphatic hydroxyl groups is 1. The van der Waals surface area contributed by atoms with Crippen molar-refractivity contribution in [1.29, 1.82) is 0 Å². The highest BCUT2D eigenvalue weighted by atomic mass is 16.3. The number of nitrogens with zero attached hydrogens (tertiary/aromatic N) is 1. The molecule has 21 heavy (non-hydrogen) atoms. The number of primary amides is 1. The summed E-state index contributed by atoms with van der Waals surface area (Å²) >= 11 is 0. The molecule has 1 aromatic rings. The normalized spacial score (nSPS) is 20.3. The molecule has 1 aliphatic carbocycles. The standard InChI is InChI=1S/C16H18N2O3/c17-15(20)12-4-1-11(2-5-12)3-8-14(19)18-9-16(21,10-18)13-6-7-13/h1-5,8,13,21H,6-7,9-10H2,(H2,17,20). The van der Waals surface area contributed by atoms with E-state index in [1.165, 1.54) is 6.08 Å². The van der Waals surface area contributed by atoms with Gasteiger partial charge in [0.25, 0.3) is 0 Å². The van der Waals surface area contributed by atoms with Crippen LogP contribution in [0.5, 0.6) is 0 Å². The van der Waals surface area contributed by atoms with E-state index in [2.05, 4.69) is 0 Å². The van der Waals surface area contributed by atoms with Crippen LogP contribution in [0.1, 0.15) is 28.8 Å². The van der Waals surface area contributed by atoms with Gasteiger partial charge < -0.3 is 15.7 Å². The van der Waals surface area contributed by atoms with Gasteiger partial charge in [-0.2, -0.15) is 0 Å². The van der Waals surface area contributed by atoms with Crippen molar-refractivity contribution < 1.29 is 14.7 Å². The minimum absolute atomic E-state index is 0.0979. The molecule has 110 valence electrons. The third-order valence-corrected chi connectivity index (χ3v) is 4.19. The van der Waals surface area contributed by atoms with Crippen LogP contribution in [-0.4, -0.2) is 40.5 Å². The fourth-order valence-electron chi connectivity index (χ4n) is 2.68. The maximum atomic E-state index is 12.0. The zero-order valence-corrected chi connectivity index (χ0v) is 11.7. The number of hydrogen-bond acceptors (Lipinski definition) is 3. The van der Waals surface area contributed by atoms with Crippen molar-refractivity contribution in [2.24, 2.45) is 11.7 Å². The van der Waals surface area contributed by atoms with Crippen LogP contribution in [0, 0.1) is 5.92 Å². The number of amides is 2. The van der Waals surface area contributed by atoms with E-state index in [0.29, 0.717) is 24.6 Å². The largest absolute Gasteiger partial charge is 0.386 e. The predicted octanol–water partition coefficient (Wildman–Crippen LogP) is 0.782. The summed E-state index contributed by atoms with van der Waals surface area (Å²) in [6.45, 7) is 0.864. The maximum Gasteiger partial charge on any atom is 0.248 e. The Kier molecular flexibility index (Phi) is 3.29. The number of carbonyl (C=O) groups is 2. The summed E-state index contributed by atoms with van der Waals surface area (Å²) in [5.41, 5.74) is 5.78. The summed E-state index contributed by atoms with van der Waals surface area (Å²) < 4.78 is 0. The van der Waals surface area contributed by atoms with Crippen molar-refractivity contribution in [1.82, 2.24) is 4.90 Å². The summed E-state index contributed by atoms with van der Waals surface area (Å²) in [6, 6.07) is 6.73. The van der Waals surface area contributed by atoms with Gasteiger partial charge in [0.1, 0.15) is 5.60 Å². The molecular weight excluding hydrogens is 268 g/mol. The van der Waals surface area contributed by atoms with Crippen LogP contribution < -0.4 is 5.73 Å². The average molecular weight is 286 g/mol. The first-order valence-electron chi connectivity index (χ1n) is 7.07. The van der Waals surface area contributed by atoms with Gasteiger partial charge in [0.05, 0.1) is 13.1 Å². The van der Waals surface area contributed by atoms with Crippen molar-refractivity contribution >= 4 is 17.9 Å². The van der Waals surface area contributed by atoms with Gasteiger partial charge in [-0.25, -0.2) is 0 Å². The lowest BCUT2D eigenvalue weighted by molar-refractivity contribution is -0.154. The van der Waals surface area contributed by atoms with Gasteiger partial charge in [0.2, 0.25) is 11.8 Å². The minimum Gasteiger partial charge on any atom is -0.386 e. The van der Waals surface area contributed by atoms with Crippen LogP contribution in [0.3, 0.4) is 0 Å². The van der Waals surface area contributed by atoms with E-state index >= 15 is 0 Å². The highest BCUT2D eigenvalue weighted by Crippen LogP contribution is 2.44. The molecule has 1 aliphatic heterocycles. The SMILES string of the molecule is NC(=O)c1ccc(C=CC(=O)N2CC(O)(C3CC3)C2)cc1.